The zero-order valence-electron chi connectivity index (χ0n) is 13.4. The molecule has 3 heteroatoms. The first-order chi connectivity index (χ1) is 10.3. The van der Waals surface area contributed by atoms with E-state index >= 15 is 0 Å². The number of hydrogen-bond acceptors (Lipinski definition) is 3. The minimum Gasteiger partial charge on any atom is -0.496 e. The molecule has 0 amide bonds. The van der Waals surface area contributed by atoms with Crippen molar-refractivity contribution in [3.8, 4) is 11.5 Å². The quantitative estimate of drug-likeness (QED) is 0.864. The first-order valence-corrected chi connectivity index (χ1v) is 8.15. The van der Waals surface area contributed by atoms with Crippen molar-refractivity contribution in [2.45, 2.75) is 38.1 Å². The highest BCUT2D eigenvalue weighted by Crippen LogP contribution is 2.51. The number of ether oxygens (including phenoxy) is 2. The van der Waals surface area contributed by atoms with Gasteiger partial charge in [0.25, 0.3) is 0 Å². The van der Waals surface area contributed by atoms with Crippen LogP contribution < -0.4 is 14.8 Å². The van der Waals surface area contributed by atoms with Crippen LogP contribution in [0.5, 0.6) is 11.5 Å². The molecule has 116 valence electrons. The Balaban J connectivity index is 1.82. The fourth-order valence-electron chi connectivity index (χ4n) is 4.57. The molecule has 2 fully saturated rings. The standard InChI is InChI=1S/C18H27NO2/c1-19-15(11-14-10-12-7-8-13(14)9-12)18-16(20-2)5-4-6-17(18)21-3/h4-6,12-15,19H,7-11H2,1-3H3. The van der Waals surface area contributed by atoms with Gasteiger partial charge in [0.1, 0.15) is 11.5 Å². The van der Waals surface area contributed by atoms with Gasteiger partial charge >= 0.3 is 0 Å². The molecule has 0 radical (unpaired) electrons. The van der Waals surface area contributed by atoms with E-state index in [4.69, 9.17) is 9.47 Å². The van der Waals surface area contributed by atoms with E-state index in [0.29, 0.717) is 6.04 Å². The van der Waals surface area contributed by atoms with E-state index in [1.807, 2.05) is 25.2 Å². The Bertz CT molecular complexity index is 466. The van der Waals surface area contributed by atoms with E-state index < -0.39 is 0 Å². The van der Waals surface area contributed by atoms with E-state index in [1.165, 1.54) is 37.7 Å². The summed E-state index contributed by atoms with van der Waals surface area (Å²) in [6.45, 7) is 0. The zero-order chi connectivity index (χ0) is 14.8. The number of rotatable bonds is 6. The van der Waals surface area contributed by atoms with Gasteiger partial charge in [-0.2, -0.15) is 0 Å². The molecule has 0 saturated heterocycles. The van der Waals surface area contributed by atoms with E-state index in [-0.39, 0.29) is 0 Å². The minimum absolute atomic E-state index is 0.306. The predicted molar refractivity (Wildman–Crippen MR) is 84.9 cm³/mol. The summed E-state index contributed by atoms with van der Waals surface area (Å²) < 4.78 is 11.2. The minimum atomic E-state index is 0.306. The Labute approximate surface area is 128 Å². The summed E-state index contributed by atoms with van der Waals surface area (Å²) in [6, 6.07) is 6.36. The summed E-state index contributed by atoms with van der Waals surface area (Å²) in [5, 5.41) is 3.49. The smallest absolute Gasteiger partial charge is 0.127 e. The van der Waals surface area contributed by atoms with Crippen molar-refractivity contribution in [1.29, 1.82) is 0 Å². The molecular weight excluding hydrogens is 262 g/mol. The first-order valence-electron chi connectivity index (χ1n) is 8.15. The lowest BCUT2D eigenvalue weighted by Gasteiger charge is -2.28. The number of benzene rings is 1. The monoisotopic (exact) mass is 289 g/mol. The van der Waals surface area contributed by atoms with Crippen molar-refractivity contribution in [2.24, 2.45) is 17.8 Å². The highest BCUT2D eigenvalue weighted by molar-refractivity contribution is 5.47. The topological polar surface area (TPSA) is 30.5 Å². The molecule has 0 spiro atoms. The van der Waals surface area contributed by atoms with Gasteiger partial charge in [0.05, 0.1) is 19.8 Å². The van der Waals surface area contributed by atoms with E-state index in [9.17, 15) is 0 Å². The maximum Gasteiger partial charge on any atom is 0.127 e. The van der Waals surface area contributed by atoms with Crippen molar-refractivity contribution < 1.29 is 9.47 Å². The van der Waals surface area contributed by atoms with Gasteiger partial charge in [-0.05, 0) is 62.6 Å². The zero-order valence-corrected chi connectivity index (χ0v) is 13.4. The van der Waals surface area contributed by atoms with Gasteiger partial charge in [-0.15, -0.1) is 0 Å². The van der Waals surface area contributed by atoms with E-state index in [2.05, 4.69) is 5.32 Å². The maximum absolute atomic E-state index is 5.58. The summed E-state index contributed by atoms with van der Waals surface area (Å²) in [5.74, 6) is 4.66. The molecule has 1 N–H and O–H groups in total. The predicted octanol–water partition coefficient (Wildman–Crippen LogP) is 3.79. The second-order valence-electron chi connectivity index (χ2n) is 6.59. The third-order valence-electron chi connectivity index (χ3n) is 5.59. The molecule has 1 aromatic carbocycles. The molecule has 4 unspecified atom stereocenters. The summed E-state index contributed by atoms with van der Waals surface area (Å²) in [7, 11) is 5.52. The maximum atomic E-state index is 5.58. The molecule has 4 atom stereocenters. The molecule has 2 saturated carbocycles. The normalized spacial score (nSPS) is 28.6. The first kappa shape index (κ1) is 14.7. The molecule has 21 heavy (non-hydrogen) atoms. The number of fused-ring (bicyclic) bond motifs is 2. The Morgan fingerprint density at radius 2 is 1.86 bits per heavy atom. The van der Waals surface area contributed by atoms with Crippen LogP contribution in [0.1, 0.15) is 43.7 Å². The fraction of sp³-hybridized carbons (Fsp3) is 0.667. The summed E-state index contributed by atoms with van der Waals surface area (Å²) >= 11 is 0. The van der Waals surface area contributed by atoms with Crippen LogP contribution in [0.4, 0.5) is 0 Å². The second kappa shape index (κ2) is 6.27. The lowest BCUT2D eigenvalue weighted by Crippen LogP contribution is -2.23. The van der Waals surface area contributed by atoms with Crippen LogP contribution in [0, 0.1) is 17.8 Å². The summed E-state index contributed by atoms with van der Waals surface area (Å²) in [4.78, 5) is 0. The Hall–Kier alpha value is -1.22. The Morgan fingerprint density at radius 1 is 1.14 bits per heavy atom. The Morgan fingerprint density at radius 3 is 2.33 bits per heavy atom. The van der Waals surface area contributed by atoms with Crippen LogP contribution in [0.2, 0.25) is 0 Å². The van der Waals surface area contributed by atoms with Crippen LogP contribution in [0.25, 0.3) is 0 Å². The molecule has 0 aromatic heterocycles. The number of nitrogens with one attached hydrogen (secondary N) is 1. The van der Waals surface area contributed by atoms with E-state index in [0.717, 1.165) is 29.3 Å². The van der Waals surface area contributed by atoms with Crippen molar-refractivity contribution in [2.75, 3.05) is 21.3 Å². The second-order valence-corrected chi connectivity index (χ2v) is 6.59. The Kier molecular flexibility index (Phi) is 4.39. The summed E-state index contributed by atoms with van der Waals surface area (Å²) in [6.07, 6.45) is 6.97. The van der Waals surface area contributed by atoms with Gasteiger partial charge in [-0.25, -0.2) is 0 Å². The highest BCUT2D eigenvalue weighted by Gasteiger charge is 2.40. The van der Waals surface area contributed by atoms with Crippen LogP contribution >= 0.6 is 0 Å². The van der Waals surface area contributed by atoms with Crippen LogP contribution in [0.15, 0.2) is 18.2 Å². The van der Waals surface area contributed by atoms with Crippen molar-refractivity contribution in [1.82, 2.24) is 5.32 Å². The molecule has 2 aliphatic rings. The lowest BCUT2D eigenvalue weighted by molar-refractivity contribution is 0.277. The molecule has 0 heterocycles. The van der Waals surface area contributed by atoms with Gasteiger partial charge in [0, 0.05) is 6.04 Å². The molecule has 1 aromatic rings. The van der Waals surface area contributed by atoms with Crippen molar-refractivity contribution in [3.63, 3.8) is 0 Å². The molecule has 3 nitrogen and oxygen atoms in total. The third kappa shape index (κ3) is 2.76. The molecule has 3 rings (SSSR count). The largest absolute Gasteiger partial charge is 0.496 e. The highest BCUT2D eigenvalue weighted by atomic mass is 16.5. The van der Waals surface area contributed by atoms with Crippen LogP contribution in [-0.4, -0.2) is 21.3 Å². The van der Waals surface area contributed by atoms with Gasteiger partial charge < -0.3 is 14.8 Å². The average Bonchev–Trinajstić information content (AvgIpc) is 3.14. The van der Waals surface area contributed by atoms with Gasteiger partial charge in [-0.1, -0.05) is 12.5 Å². The van der Waals surface area contributed by atoms with Gasteiger partial charge in [0.2, 0.25) is 0 Å². The fourth-order valence-corrected chi connectivity index (χ4v) is 4.57. The lowest BCUT2D eigenvalue weighted by atomic mass is 9.82. The number of methoxy groups -OCH3 is 2. The third-order valence-corrected chi connectivity index (χ3v) is 5.59. The van der Waals surface area contributed by atoms with Crippen LogP contribution in [0.3, 0.4) is 0 Å². The van der Waals surface area contributed by atoms with Crippen LogP contribution in [-0.2, 0) is 0 Å². The SMILES string of the molecule is CNC(CC1CC2CCC1C2)c1c(OC)cccc1OC. The summed E-state index contributed by atoms with van der Waals surface area (Å²) in [5.41, 5.74) is 1.17. The molecule has 2 aliphatic carbocycles. The average molecular weight is 289 g/mol. The molecule has 2 bridgehead atoms. The molecule has 0 aliphatic heterocycles. The van der Waals surface area contributed by atoms with Gasteiger partial charge in [-0.3, -0.25) is 0 Å². The van der Waals surface area contributed by atoms with Crippen molar-refractivity contribution in [3.05, 3.63) is 23.8 Å². The van der Waals surface area contributed by atoms with E-state index in [1.54, 1.807) is 14.2 Å². The number of hydrogen-bond donors (Lipinski definition) is 1. The molecular formula is C18H27NO2. The van der Waals surface area contributed by atoms with Crippen molar-refractivity contribution >= 4 is 0 Å². The van der Waals surface area contributed by atoms with Gasteiger partial charge in [0.15, 0.2) is 0 Å².